The van der Waals surface area contributed by atoms with Gasteiger partial charge in [-0.1, -0.05) is 48.5 Å². The van der Waals surface area contributed by atoms with Crippen LogP contribution in [-0.4, -0.2) is 34.7 Å². The van der Waals surface area contributed by atoms with Crippen LogP contribution in [0.25, 0.3) is 10.8 Å². The molecule has 7 nitrogen and oxygen atoms in total. The first kappa shape index (κ1) is 19.3. The molecule has 1 heterocycles. The van der Waals surface area contributed by atoms with E-state index >= 15 is 0 Å². The summed E-state index contributed by atoms with van der Waals surface area (Å²) in [7, 11) is 0. The number of aromatic nitrogens is 2. The maximum Gasteiger partial charge on any atom is 0.359 e. The smallest absolute Gasteiger partial charge is 0.359 e. The van der Waals surface area contributed by atoms with Crippen molar-refractivity contribution in [3.05, 3.63) is 76.2 Å². The van der Waals surface area contributed by atoms with Crippen molar-refractivity contribution in [1.29, 1.82) is 0 Å². The van der Waals surface area contributed by atoms with Crippen LogP contribution in [0.2, 0.25) is 0 Å². The van der Waals surface area contributed by atoms with Crippen LogP contribution in [0.3, 0.4) is 0 Å². The zero-order valence-corrected chi connectivity index (χ0v) is 15.5. The molecule has 0 saturated carbocycles. The predicted octanol–water partition coefficient (Wildman–Crippen LogP) is 2.22. The minimum atomic E-state index is -0.764. The molecule has 0 bridgehead atoms. The maximum atomic E-state index is 12.3. The molecule has 1 atom stereocenters. The first-order valence-corrected chi connectivity index (χ1v) is 9.02. The standard InChI is InChI=1S/C21H21N3O4/c1-14(11-12-15-7-3-2-4-8-15)22-18(25)13-28-21(27)19-16-9-5-6-10-17(16)20(26)24-23-19/h2-10,14H,11-13H2,1H3,(H,22,25)(H,24,26)/t14-/m1/s1. The fourth-order valence-electron chi connectivity index (χ4n) is 2.89. The number of rotatable bonds is 7. The summed E-state index contributed by atoms with van der Waals surface area (Å²) in [4.78, 5) is 36.1. The summed E-state index contributed by atoms with van der Waals surface area (Å²) in [6.07, 6.45) is 1.62. The van der Waals surface area contributed by atoms with Gasteiger partial charge in [-0.15, -0.1) is 0 Å². The number of ether oxygens (including phenoxy) is 1. The predicted molar refractivity (Wildman–Crippen MR) is 105 cm³/mol. The van der Waals surface area contributed by atoms with Gasteiger partial charge in [0.25, 0.3) is 11.5 Å². The van der Waals surface area contributed by atoms with Crippen LogP contribution in [-0.2, 0) is 16.0 Å². The number of amides is 1. The van der Waals surface area contributed by atoms with Gasteiger partial charge in [-0.25, -0.2) is 9.89 Å². The number of hydrogen-bond acceptors (Lipinski definition) is 5. The van der Waals surface area contributed by atoms with E-state index in [0.29, 0.717) is 10.8 Å². The molecule has 0 saturated heterocycles. The molecular weight excluding hydrogens is 358 g/mol. The Kier molecular flexibility index (Phi) is 6.16. The van der Waals surface area contributed by atoms with Gasteiger partial charge in [-0.2, -0.15) is 5.10 Å². The fourth-order valence-corrected chi connectivity index (χ4v) is 2.89. The van der Waals surface area contributed by atoms with Crippen molar-refractivity contribution in [2.24, 2.45) is 0 Å². The number of nitrogens with one attached hydrogen (secondary N) is 2. The van der Waals surface area contributed by atoms with Gasteiger partial charge in [-0.3, -0.25) is 9.59 Å². The average molecular weight is 379 g/mol. The minimum Gasteiger partial charge on any atom is -0.451 e. The second-order valence-corrected chi connectivity index (χ2v) is 6.52. The third-order valence-corrected chi connectivity index (χ3v) is 4.34. The lowest BCUT2D eigenvalue weighted by molar-refractivity contribution is -0.124. The van der Waals surface area contributed by atoms with Crippen LogP contribution in [0.4, 0.5) is 0 Å². The van der Waals surface area contributed by atoms with Gasteiger partial charge in [0.05, 0.1) is 5.39 Å². The molecule has 0 fully saturated rings. The second kappa shape index (κ2) is 8.94. The van der Waals surface area contributed by atoms with Crippen molar-refractivity contribution in [2.45, 2.75) is 25.8 Å². The Hall–Kier alpha value is -3.48. The molecule has 0 unspecified atom stereocenters. The lowest BCUT2D eigenvalue weighted by Crippen LogP contribution is -2.36. The average Bonchev–Trinajstić information content (AvgIpc) is 2.72. The molecule has 144 valence electrons. The van der Waals surface area contributed by atoms with E-state index in [1.54, 1.807) is 24.3 Å². The monoisotopic (exact) mass is 379 g/mol. The molecule has 0 radical (unpaired) electrons. The normalized spacial score (nSPS) is 11.8. The summed E-state index contributed by atoms with van der Waals surface area (Å²) in [5, 5.41) is 9.56. The molecule has 0 aliphatic heterocycles. The number of aryl methyl sites for hydroxylation is 1. The molecule has 0 aliphatic carbocycles. The molecule has 2 N–H and O–H groups in total. The highest BCUT2D eigenvalue weighted by atomic mass is 16.5. The van der Waals surface area contributed by atoms with Crippen LogP contribution in [0.5, 0.6) is 0 Å². The van der Waals surface area contributed by atoms with Gasteiger partial charge in [0, 0.05) is 11.4 Å². The van der Waals surface area contributed by atoms with Gasteiger partial charge in [0.2, 0.25) is 0 Å². The summed E-state index contributed by atoms with van der Waals surface area (Å²) in [6.45, 7) is 1.49. The minimum absolute atomic E-state index is 0.0277. The van der Waals surface area contributed by atoms with Crippen molar-refractivity contribution in [1.82, 2.24) is 15.5 Å². The Morgan fingerprint density at radius 2 is 1.75 bits per heavy atom. The van der Waals surface area contributed by atoms with Crippen molar-refractivity contribution in [3.8, 4) is 0 Å². The first-order valence-electron chi connectivity index (χ1n) is 9.02. The van der Waals surface area contributed by atoms with Crippen molar-refractivity contribution in [3.63, 3.8) is 0 Å². The number of aromatic amines is 1. The van der Waals surface area contributed by atoms with Crippen LogP contribution in [0, 0.1) is 0 Å². The van der Waals surface area contributed by atoms with Crippen LogP contribution in [0.15, 0.2) is 59.4 Å². The van der Waals surface area contributed by atoms with Crippen LogP contribution in [0.1, 0.15) is 29.4 Å². The van der Waals surface area contributed by atoms with Gasteiger partial charge in [0.15, 0.2) is 12.3 Å². The molecule has 2 aromatic carbocycles. The molecule has 3 aromatic rings. The summed E-state index contributed by atoms with van der Waals surface area (Å²) in [5.74, 6) is -1.15. The number of carbonyl (C=O) groups is 2. The second-order valence-electron chi connectivity index (χ2n) is 6.52. The Bertz CT molecular complexity index is 1030. The Labute approximate surface area is 161 Å². The summed E-state index contributed by atoms with van der Waals surface area (Å²) < 4.78 is 5.07. The largest absolute Gasteiger partial charge is 0.451 e. The Balaban J connectivity index is 1.52. The van der Waals surface area contributed by atoms with Gasteiger partial charge in [-0.05, 0) is 31.4 Å². The molecule has 28 heavy (non-hydrogen) atoms. The van der Waals surface area contributed by atoms with Crippen LogP contribution < -0.4 is 10.9 Å². The van der Waals surface area contributed by atoms with E-state index in [0.717, 1.165) is 12.8 Å². The number of nitrogens with zero attached hydrogens (tertiary/aromatic N) is 1. The van der Waals surface area contributed by atoms with E-state index in [9.17, 15) is 14.4 Å². The molecule has 3 rings (SSSR count). The quantitative estimate of drug-likeness (QED) is 0.613. The fraction of sp³-hybridized carbons (Fsp3) is 0.238. The Morgan fingerprint density at radius 1 is 1.07 bits per heavy atom. The summed E-state index contributed by atoms with van der Waals surface area (Å²) >= 11 is 0. The van der Waals surface area contributed by atoms with E-state index in [1.165, 1.54) is 5.56 Å². The van der Waals surface area contributed by atoms with Crippen molar-refractivity contribution in [2.75, 3.05) is 6.61 Å². The van der Waals surface area contributed by atoms with Crippen LogP contribution >= 0.6 is 0 Å². The third-order valence-electron chi connectivity index (χ3n) is 4.34. The SMILES string of the molecule is C[C@H](CCc1ccccc1)NC(=O)COC(=O)c1n[nH]c(=O)c2ccccc12. The highest BCUT2D eigenvalue weighted by Crippen LogP contribution is 2.13. The Morgan fingerprint density at radius 3 is 2.50 bits per heavy atom. The van der Waals surface area contributed by atoms with Gasteiger partial charge >= 0.3 is 5.97 Å². The topological polar surface area (TPSA) is 101 Å². The zero-order valence-electron chi connectivity index (χ0n) is 15.5. The number of H-pyrrole nitrogens is 1. The first-order chi connectivity index (χ1) is 13.5. The number of hydrogen-bond donors (Lipinski definition) is 2. The maximum absolute atomic E-state index is 12.3. The molecule has 1 amide bonds. The molecule has 0 spiro atoms. The summed E-state index contributed by atoms with van der Waals surface area (Å²) in [5.41, 5.74) is 0.781. The van der Waals surface area contributed by atoms with E-state index in [1.807, 2.05) is 37.3 Å². The van der Waals surface area contributed by atoms with E-state index in [4.69, 9.17) is 4.74 Å². The van der Waals surface area contributed by atoms with E-state index in [-0.39, 0.29) is 17.6 Å². The summed E-state index contributed by atoms with van der Waals surface area (Å²) in [6, 6.07) is 16.5. The molecule has 1 aromatic heterocycles. The lowest BCUT2D eigenvalue weighted by atomic mass is 10.1. The van der Waals surface area contributed by atoms with E-state index in [2.05, 4.69) is 15.5 Å². The highest BCUT2D eigenvalue weighted by Gasteiger charge is 2.17. The molecule has 0 aliphatic rings. The third kappa shape index (κ3) is 4.82. The number of carbonyl (C=O) groups excluding carboxylic acids is 2. The zero-order chi connectivity index (χ0) is 19.9. The number of esters is 1. The van der Waals surface area contributed by atoms with Gasteiger partial charge in [0.1, 0.15) is 0 Å². The van der Waals surface area contributed by atoms with Crippen molar-refractivity contribution < 1.29 is 14.3 Å². The van der Waals surface area contributed by atoms with Crippen molar-refractivity contribution >= 4 is 22.6 Å². The molecular formula is C21H21N3O4. The van der Waals surface area contributed by atoms with Gasteiger partial charge < -0.3 is 10.1 Å². The highest BCUT2D eigenvalue weighted by molar-refractivity contribution is 6.02. The lowest BCUT2D eigenvalue weighted by Gasteiger charge is -2.14. The number of fused-ring (bicyclic) bond motifs is 1. The van der Waals surface area contributed by atoms with E-state index < -0.39 is 18.1 Å². The molecule has 7 heteroatoms. The number of benzene rings is 2.